The SMILES string of the molecule is CCC1(S(N)(=O)=O)C=CC(C)=C(c2ccc(Cl)cc2[N+](=O)[O-])C1. The number of nitro benzene ring substituents is 1. The highest BCUT2D eigenvalue weighted by Crippen LogP contribution is 2.42. The van der Waals surface area contributed by atoms with E-state index in [4.69, 9.17) is 16.7 Å². The second-order valence-electron chi connectivity index (χ2n) is 5.55. The van der Waals surface area contributed by atoms with Crippen molar-refractivity contribution in [1.29, 1.82) is 0 Å². The van der Waals surface area contributed by atoms with E-state index >= 15 is 0 Å². The van der Waals surface area contributed by atoms with Gasteiger partial charge in [-0.15, -0.1) is 0 Å². The third kappa shape index (κ3) is 3.17. The Labute approximate surface area is 139 Å². The smallest absolute Gasteiger partial charge is 0.258 e. The maximum Gasteiger partial charge on any atom is 0.278 e. The molecule has 8 heteroatoms. The molecule has 1 aromatic rings. The molecule has 1 atom stereocenters. The van der Waals surface area contributed by atoms with Crippen molar-refractivity contribution in [3.05, 3.63) is 56.6 Å². The van der Waals surface area contributed by atoms with Gasteiger partial charge in [0.05, 0.1) is 10.5 Å². The van der Waals surface area contributed by atoms with E-state index in [2.05, 4.69) is 0 Å². The molecule has 1 unspecified atom stereocenters. The number of sulfonamides is 1. The summed E-state index contributed by atoms with van der Waals surface area (Å²) in [5, 5.41) is 17.0. The first-order valence-electron chi connectivity index (χ1n) is 6.97. The molecule has 1 aromatic carbocycles. The van der Waals surface area contributed by atoms with Crippen LogP contribution >= 0.6 is 11.6 Å². The summed E-state index contributed by atoms with van der Waals surface area (Å²) in [5.41, 5.74) is 1.57. The molecular weight excluding hydrogens is 340 g/mol. The Morgan fingerprint density at radius 2 is 2.09 bits per heavy atom. The molecule has 1 aliphatic rings. The Balaban J connectivity index is 2.65. The lowest BCUT2D eigenvalue weighted by molar-refractivity contribution is -0.385. The molecule has 0 aliphatic heterocycles. The minimum Gasteiger partial charge on any atom is -0.258 e. The van der Waals surface area contributed by atoms with Crippen molar-refractivity contribution < 1.29 is 13.3 Å². The van der Waals surface area contributed by atoms with E-state index in [1.165, 1.54) is 6.07 Å². The summed E-state index contributed by atoms with van der Waals surface area (Å²) in [6.45, 7) is 3.51. The number of allylic oxidation sites excluding steroid dienone is 3. The molecule has 2 rings (SSSR count). The van der Waals surface area contributed by atoms with E-state index in [0.717, 1.165) is 5.57 Å². The molecular formula is C15H17ClN2O4S. The zero-order chi connectivity index (χ0) is 17.4. The van der Waals surface area contributed by atoms with Crippen LogP contribution in [0.15, 0.2) is 35.9 Å². The second-order valence-corrected chi connectivity index (χ2v) is 7.89. The number of hydrogen-bond acceptors (Lipinski definition) is 4. The van der Waals surface area contributed by atoms with Crippen molar-refractivity contribution in [3.8, 4) is 0 Å². The number of halogens is 1. The number of benzene rings is 1. The number of nitrogens with two attached hydrogens (primary N) is 1. The normalized spacial score (nSPS) is 21.6. The van der Waals surface area contributed by atoms with Gasteiger partial charge < -0.3 is 0 Å². The highest BCUT2D eigenvalue weighted by Gasteiger charge is 2.41. The topological polar surface area (TPSA) is 103 Å². The minimum absolute atomic E-state index is 0.0904. The van der Waals surface area contributed by atoms with Gasteiger partial charge in [0.1, 0.15) is 4.75 Å². The van der Waals surface area contributed by atoms with Crippen LogP contribution in [-0.2, 0) is 10.0 Å². The number of nitrogens with zero attached hydrogens (tertiary/aromatic N) is 1. The predicted molar refractivity (Wildman–Crippen MR) is 90.6 cm³/mol. The zero-order valence-electron chi connectivity index (χ0n) is 12.7. The van der Waals surface area contributed by atoms with Gasteiger partial charge >= 0.3 is 0 Å². The van der Waals surface area contributed by atoms with Gasteiger partial charge in [-0.3, -0.25) is 10.1 Å². The molecule has 2 N–H and O–H groups in total. The molecule has 0 bridgehead atoms. The number of hydrogen-bond donors (Lipinski definition) is 1. The van der Waals surface area contributed by atoms with Crippen molar-refractivity contribution in [3.63, 3.8) is 0 Å². The first-order valence-corrected chi connectivity index (χ1v) is 8.89. The van der Waals surface area contributed by atoms with Crippen LogP contribution in [0.4, 0.5) is 5.69 Å². The Morgan fingerprint density at radius 3 is 2.61 bits per heavy atom. The lowest BCUT2D eigenvalue weighted by atomic mass is 9.84. The van der Waals surface area contributed by atoms with E-state index in [1.807, 2.05) is 0 Å². The van der Waals surface area contributed by atoms with Gasteiger partial charge in [-0.2, -0.15) is 0 Å². The molecule has 0 heterocycles. The number of nitro groups is 1. The van der Waals surface area contributed by atoms with Gasteiger partial charge in [-0.25, -0.2) is 13.6 Å². The zero-order valence-corrected chi connectivity index (χ0v) is 14.3. The lowest BCUT2D eigenvalue weighted by Gasteiger charge is -2.32. The summed E-state index contributed by atoms with van der Waals surface area (Å²) in [4.78, 5) is 10.8. The fourth-order valence-corrected chi connectivity index (χ4v) is 3.91. The molecule has 0 saturated heterocycles. The van der Waals surface area contributed by atoms with Gasteiger partial charge in [0.25, 0.3) is 5.69 Å². The molecule has 0 aromatic heterocycles. The van der Waals surface area contributed by atoms with Gasteiger partial charge in [0, 0.05) is 11.1 Å². The molecule has 0 radical (unpaired) electrons. The standard InChI is InChI=1S/C15H17ClN2O4S/c1-3-15(23(17,21)22)7-6-10(2)13(9-15)12-5-4-11(16)8-14(12)18(19)20/h4-8H,3,9H2,1-2H3,(H2,17,21,22). The van der Waals surface area contributed by atoms with Crippen LogP contribution in [0.1, 0.15) is 32.3 Å². The van der Waals surface area contributed by atoms with Crippen molar-refractivity contribution in [2.24, 2.45) is 5.14 Å². The molecule has 0 amide bonds. The van der Waals surface area contributed by atoms with Crippen molar-refractivity contribution in [2.45, 2.75) is 31.4 Å². The third-order valence-corrected chi connectivity index (χ3v) is 6.17. The first kappa shape index (κ1) is 17.7. The first-order chi connectivity index (χ1) is 10.6. The van der Waals surface area contributed by atoms with Crippen molar-refractivity contribution in [2.75, 3.05) is 0 Å². The Bertz CT molecular complexity index is 830. The van der Waals surface area contributed by atoms with Crippen molar-refractivity contribution in [1.82, 2.24) is 0 Å². The molecule has 0 spiro atoms. The van der Waals surface area contributed by atoms with Gasteiger partial charge in [-0.05, 0) is 43.0 Å². The van der Waals surface area contributed by atoms with Gasteiger partial charge in [0.15, 0.2) is 0 Å². The summed E-state index contributed by atoms with van der Waals surface area (Å²) < 4.78 is 22.8. The molecule has 6 nitrogen and oxygen atoms in total. The average molecular weight is 357 g/mol. The van der Waals surface area contributed by atoms with Crippen LogP contribution < -0.4 is 5.14 Å². The molecule has 1 aliphatic carbocycles. The van der Waals surface area contributed by atoms with Crippen molar-refractivity contribution >= 4 is 32.9 Å². The maximum absolute atomic E-state index is 12.0. The Morgan fingerprint density at radius 1 is 1.43 bits per heavy atom. The summed E-state index contributed by atoms with van der Waals surface area (Å²) in [6.07, 6.45) is 3.60. The van der Waals surface area contributed by atoms with E-state index < -0.39 is 19.7 Å². The number of rotatable bonds is 4. The summed E-state index contributed by atoms with van der Waals surface area (Å²) in [6, 6.07) is 4.36. The predicted octanol–water partition coefficient (Wildman–Crippen LogP) is 3.42. The molecule has 23 heavy (non-hydrogen) atoms. The quantitative estimate of drug-likeness (QED) is 0.659. The van der Waals surface area contributed by atoms with E-state index in [-0.39, 0.29) is 23.6 Å². The highest BCUT2D eigenvalue weighted by molar-refractivity contribution is 7.90. The fourth-order valence-electron chi connectivity index (χ4n) is 2.73. The lowest BCUT2D eigenvalue weighted by Crippen LogP contribution is -2.42. The van der Waals surface area contributed by atoms with Crippen LogP contribution in [-0.4, -0.2) is 18.1 Å². The van der Waals surface area contributed by atoms with Crippen LogP contribution in [0, 0.1) is 10.1 Å². The van der Waals surface area contributed by atoms with Crippen LogP contribution in [0.5, 0.6) is 0 Å². The van der Waals surface area contributed by atoms with Crippen LogP contribution in [0.2, 0.25) is 5.02 Å². The van der Waals surface area contributed by atoms with Gasteiger partial charge in [0.2, 0.25) is 10.0 Å². The highest BCUT2D eigenvalue weighted by atomic mass is 35.5. The summed E-state index contributed by atoms with van der Waals surface area (Å²) >= 11 is 5.84. The monoisotopic (exact) mass is 356 g/mol. The van der Waals surface area contributed by atoms with E-state index in [9.17, 15) is 18.5 Å². The van der Waals surface area contributed by atoms with Gasteiger partial charge in [-0.1, -0.05) is 30.7 Å². The maximum atomic E-state index is 12.0. The number of primary sulfonamides is 1. The Hall–Kier alpha value is -1.70. The van der Waals surface area contributed by atoms with E-state index in [0.29, 0.717) is 11.1 Å². The third-order valence-electron chi connectivity index (χ3n) is 4.24. The average Bonchev–Trinajstić information content (AvgIpc) is 2.47. The van der Waals surface area contributed by atoms with Crippen LogP contribution in [0.3, 0.4) is 0 Å². The summed E-state index contributed by atoms with van der Waals surface area (Å²) in [5.74, 6) is 0. The Kier molecular flexibility index (Phi) is 4.66. The largest absolute Gasteiger partial charge is 0.278 e. The minimum atomic E-state index is -3.86. The molecule has 0 fully saturated rings. The second kappa shape index (κ2) is 6.07. The molecule has 124 valence electrons. The summed E-state index contributed by atoms with van der Waals surface area (Å²) in [7, 11) is -3.86. The van der Waals surface area contributed by atoms with E-state index in [1.54, 1.807) is 38.1 Å². The molecule has 0 saturated carbocycles. The van der Waals surface area contributed by atoms with Crippen LogP contribution in [0.25, 0.3) is 5.57 Å². The fraction of sp³-hybridized carbons (Fsp3) is 0.333.